The van der Waals surface area contributed by atoms with Gasteiger partial charge in [-0.05, 0) is 55.4 Å². The smallest absolute Gasteiger partial charge is 0.431 e. The Balaban J connectivity index is 4.88. The molecule has 0 heterocycles. The highest BCUT2D eigenvalue weighted by atomic mass is 16.7. The summed E-state index contributed by atoms with van der Waals surface area (Å²) in [6.45, 7) is 12.4. The minimum absolute atomic E-state index is 0.604. The molecule has 21 heavy (non-hydrogen) atoms. The van der Waals surface area contributed by atoms with Gasteiger partial charge in [-0.3, -0.25) is 4.79 Å². The lowest BCUT2D eigenvalue weighted by Gasteiger charge is -2.29. The number of ether oxygens (including phenoxy) is 2. The summed E-state index contributed by atoms with van der Waals surface area (Å²) in [7, 11) is 0. The second kappa shape index (κ2) is 6.43. The molecule has 0 aromatic heterocycles. The Hall–Kier alpha value is -1.63. The molecule has 0 bridgehead atoms. The molecule has 0 fully saturated rings. The predicted molar refractivity (Wildman–Crippen MR) is 75.4 cm³/mol. The van der Waals surface area contributed by atoms with Crippen LogP contribution >= 0.6 is 0 Å². The van der Waals surface area contributed by atoms with Crippen LogP contribution in [0.3, 0.4) is 0 Å². The molecule has 0 aliphatic rings. The predicted octanol–water partition coefficient (Wildman–Crippen LogP) is 2.13. The number of esters is 1. The largest absolute Gasteiger partial charge is 0.457 e. The zero-order valence-electron chi connectivity index (χ0n) is 13.9. The van der Waals surface area contributed by atoms with Crippen LogP contribution in [0.2, 0.25) is 0 Å². The van der Waals surface area contributed by atoms with E-state index in [4.69, 9.17) is 14.3 Å². The Morgan fingerprint density at radius 3 is 1.57 bits per heavy atom. The first-order chi connectivity index (χ1) is 9.17. The van der Waals surface area contributed by atoms with E-state index in [1.807, 2.05) is 5.48 Å². The third kappa shape index (κ3) is 7.08. The van der Waals surface area contributed by atoms with Crippen LogP contribution in [0.4, 0.5) is 4.79 Å². The number of Topliss-reactive ketones (excluding diaryl/α,β-unsaturated/α-hetero) is 1. The minimum atomic E-state index is -1.94. The summed E-state index contributed by atoms with van der Waals surface area (Å²) in [4.78, 5) is 40.2. The van der Waals surface area contributed by atoms with E-state index in [0.717, 1.165) is 0 Å². The molecule has 0 saturated heterocycles. The first kappa shape index (κ1) is 19.4. The maximum atomic E-state index is 12.1. The van der Waals surface area contributed by atoms with Gasteiger partial charge in [0, 0.05) is 0 Å². The van der Waals surface area contributed by atoms with Gasteiger partial charge in [0.2, 0.25) is 5.60 Å². The second-order valence-electron chi connectivity index (χ2n) is 6.80. The lowest BCUT2D eigenvalue weighted by Crippen LogP contribution is -2.52. The first-order valence-electron chi connectivity index (χ1n) is 6.59. The third-order valence-corrected chi connectivity index (χ3v) is 2.20. The summed E-state index contributed by atoms with van der Waals surface area (Å²) in [5, 5.41) is 0. The summed E-state index contributed by atoms with van der Waals surface area (Å²) in [5.74, 6) is -1.49. The standard InChI is InChI=1S/C14H25NO6/c1-9(16)14(8,10(17)19-12(2,3)4)21-15-11(18)20-13(5,6)7/h1-8H3,(H,15,18). The summed E-state index contributed by atoms with van der Waals surface area (Å²) in [6.07, 6.45) is -0.904. The zero-order valence-corrected chi connectivity index (χ0v) is 13.9. The van der Waals surface area contributed by atoms with Crippen molar-refractivity contribution in [2.75, 3.05) is 0 Å². The number of hydrogen-bond acceptors (Lipinski definition) is 6. The van der Waals surface area contributed by atoms with Gasteiger partial charge in [-0.15, -0.1) is 0 Å². The Morgan fingerprint density at radius 2 is 1.24 bits per heavy atom. The Morgan fingerprint density at radius 1 is 0.810 bits per heavy atom. The number of carbonyl (C=O) groups excluding carboxylic acids is 3. The van der Waals surface area contributed by atoms with E-state index in [1.165, 1.54) is 13.8 Å². The first-order valence-corrected chi connectivity index (χ1v) is 6.59. The van der Waals surface area contributed by atoms with Crippen LogP contribution in [0.5, 0.6) is 0 Å². The fourth-order valence-corrected chi connectivity index (χ4v) is 1.08. The van der Waals surface area contributed by atoms with Crippen molar-refractivity contribution in [3.63, 3.8) is 0 Å². The van der Waals surface area contributed by atoms with E-state index in [9.17, 15) is 14.4 Å². The van der Waals surface area contributed by atoms with Gasteiger partial charge in [-0.2, -0.15) is 5.48 Å². The quantitative estimate of drug-likeness (QED) is 0.486. The van der Waals surface area contributed by atoms with Gasteiger partial charge >= 0.3 is 12.1 Å². The lowest BCUT2D eigenvalue weighted by molar-refractivity contribution is -0.190. The fourth-order valence-electron chi connectivity index (χ4n) is 1.08. The molecular weight excluding hydrogens is 278 g/mol. The monoisotopic (exact) mass is 303 g/mol. The van der Waals surface area contributed by atoms with Crippen LogP contribution < -0.4 is 5.48 Å². The molecule has 7 nitrogen and oxygen atoms in total. The number of ketones is 1. The van der Waals surface area contributed by atoms with Crippen molar-refractivity contribution < 1.29 is 28.7 Å². The molecule has 0 saturated carbocycles. The van der Waals surface area contributed by atoms with Crippen molar-refractivity contribution in [1.29, 1.82) is 0 Å². The SMILES string of the molecule is CC(=O)C(C)(ONC(=O)OC(C)(C)C)C(=O)OC(C)(C)C. The second-order valence-corrected chi connectivity index (χ2v) is 6.80. The lowest BCUT2D eigenvalue weighted by atomic mass is 10.0. The van der Waals surface area contributed by atoms with E-state index in [-0.39, 0.29) is 0 Å². The average molecular weight is 303 g/mol. The van der Waals surface area contributed by atoms with Gasteiger partial charge in [-0.25, -0.2) is 14.4 Å². The molecular formula is C14H25NO6. The van der Waals surface area contributed by atoms with Crippen molar-refractivity contribution in [3.05, 3.63) is 0 Å². The van der Waals surface area contributed by atoms with Crippen LogP contribution in [0.25, 0.3) is 0 Å². The van der Waals surface area contributed by atoms with E-state index in [1.54, 1.807) is 41.5 Å². The fraction of sp³-hybridized carbons (Fsp3) is 0.786. The number of hydroxylamine groups is 1. The van der Waals surface area contributed by atoms with E-state index in [2.05, 4.69) is 0 Å². The topological polar surface area (TPSA) is 90.9 Å². The van der Waals surface area contributed by atoms with Crippen molar-refractivity contribution >= 4 is 17.8 Å². The summed E-state index contributed by atoms with van der Waals surface area (Å²) < 4.78 is 10.1. The van der Waals surface area contributed by atoms with Gasteiger partial charge in [0.15, 0.2) is 5.78 Å². The number of carbonyl (C=O) groups is 3. The molecule has 7 heteroatoms. The van der Waals surface area contributed by atoms with E-state index in [0.29, 0.717) is 0 Å². The highest BCUT2D eigenvalue weighted by molar-refractivity contribution is 6.05. The maximum Gasteiger partial charge on any atom is 0.431 e. The van der Waals surface area contributed by atoms with Crippen molar-refractivity contribution in [1.82, 2.24) is 5.48 Å². The van der Waals surface area contributed by atoms with Gasteiger partial charge < -0.3 is 9.47 Å². The Kier molecular flexibility index (Phi) is 5.93. The maximum absolute atomic E-state index is 12.1. The third-order valence-electron chi connectivity index (χ3n) is 2.20. The summed E-state index contributed by atoms with van der Waals surface area (Å²) in [5.41, 5.74) is -1.51. The molecule has 1 N–H and O–H groups in total. The van der Waals surface area contributed by atoms with Gasteiger partial charge in [0.1, 0.15) is 11.2 Å². The van der Waals surface area contributed by atoms with Gasteiger partial charge in [0.25, 0.3) is 0 Å². The van der Waals surface area contributed by atoms with Crippen LogP contribution in [0.1, 0.15) is 55.4 Å². The molecule has 0 radical (unpaired) electrons. The van der Waals surface area contributed by atoms with Crippen molar-refractivity contribution in [3.8, 4) is 0 Å². The number of hydrogen-bond donors (Lipinski definition) is 1. The van der Waals surface area contributed by atoms with E-state index < -0.39 is 34.6 Å². The van der Waals surface area contributed by atoms with Gasteiger partial charge in [-0.1, -0.05) is 0 Å². The highest BCUT2D eigenvalue weighted by Crippen LogP contribution is 2.18. The number of amides is 1. The summed E-state index contributed by atoms with van der Waals surface area (Å²) >= 11 is 0. The molecule has 0 rings (SSSR count). The molecule has 0 aliphatic heterocycles. The number of rotatable bonds is 4. The van der Waals surface area contributed by atoms with Crippen LogP contribution in [-0.4, -0.2) is 34.6 Å². The highest BCUT2D eigenvalue weighted by Gasteiger charge is 2.44. The molecule has 0 spiro atoms. The molecule has 122 valence electrons. The normalized spacial score (nSPS) is 14.9. The average Bonchev–Trinajstić information content (AvgIpc) is 2.20. The molecule has 0 aromatic rings. The van der Waals surface area contributed by atoms with Crippen LogP contribution in [0.15, 0.2) is 0 Å². The van der Waals surface area contributed by atoms with Gasteiger partial charge in [0.05, 0.1) is 0 Å². The zero-order chi connectivity index (χ0) is 17.1. The molecule has 1 amide bonds. The molecule has 0 aromatic carbocycles. The Bertz CT molecular complexity index is 418. The molecule has 1 atom stereocenters. The molecule has 0 aliphatic carbocycles. The van der Waals surface area contributed by atoms with Crippen molar-refractivity contribution in [2.24, 2.45) is 0 Å². The van der Waals surface area contributed by atoms with E-state index >= 15 is 0 Å². The molecule has 1 unspecified atom stereocenters. The minimum Gasteiger partial charge on any atom is -0.457 e. The Labute approximate surface area is 125 Å². The summed E-state index contributed by atoms with van der Waals surface area (Å²) in [6, 6.07) is 0. The number of nitrogens with one attached hydrogen (secondary N) is 1. The van der Waals surface area contributed by atoms with Crippen LogP contribution in [-0.2, 0) is 23.9 Å². The van der Waals surface area contributed by atoms with Crippen LogP contribution in [0, 0.1) is 0 Å². The van der Waals surface area contributed by atoms with Crippen molar-refractivity contribution in [2.45, 2.75) is 72.2 Å².